The minimum absolute atomic E-state index is 0.448. The Labute approximate surface area is 120 Å². The van der Waals surface area contributed by atoms with Gasteiger partial charge in [0.15, 0.2) is 0 Å². The number of unbranched alkanes of at least 4 members (excludes halogenated alkanes) is 1. The second-order valence-corrected chi connectivity index (χ2v) is 5.42. The van der Waals surface area contributed by atoms with Crippen LogP contribution in [0.4, 0.5) is 5.69 Å². The lowest BCUT2D eigenvalue weighted by molar-refractivity contribution is -0.142. The quantitative estimate of drug-likeness (QED) is 0.713. The summed E-state index contributed by atoms with van der Waals surface area (Å²) < 4.78 is 5.66. The molecule has 112 valence electrons. The van der Waals surface area contributed by atoms with E-state index < -0.39 is 11.5 Å². The average molecular weight is 280 g/mol. The standard InChI is InChI=1S/C15H24N2O3/c1-15(16,14(18)19)9-4-5-10-20-13-8-6-7-12(11-13)17(2)3/h6-8,11H,4-5,9-10,16H2,1-3H3,(H,18,19). The molecule has 0 saturated heterocycles. The summed E-state index contributed by atoms with van der Waals surface area (Å²) in [6, 6.07) is 7.85. The molecule has 1 atom stereocenters. The summed E-state index contributed by atoms with van der Waals surface area (Å²) in [5.74, 6) is -0.137. The van der Waals surface area contributed by atoms with Gasteiger partial charge < -0.3 is 20.5 Å². The zero-order chi connectivity index (χ0) is 15.2. The van der Waals surface area contributed by atoms with Crippen LogP contribution in [-0.4, -0.2) is 37.3 Å². The van der Waals surface area contributed by atoms with E-state index >= 15 is 0 Å². The predicted molar refractivity (Wildman–Crippen MR) is 80.3 cm³/mol. The molecule has 20 heavy (non-hydrogen) atoms. The fourth-order valence-electron chi connectivity index (χ4n) is 1.74. The van der Waals surface area contributed by atoms with Crippen molar-refractivity contribution in [3.05, 3.63) is 24.3 Å². The minimum Gasteiger partial charge on any atom is -0.494 e. The van der Waals surface area contributed by atoms with Crippen LogP contribution in [0.25, 0.3) is 0 Å². The Morgan fingerprint density at radius 2 is 2.10 bits per heavy atom. The van der Waals surface area contributed by atoms with Crippen LogP contribution < -0.4 is 15.4 Å². The van der Waals surface area contributed by atoms with Crippen molar-refractivity contribution < 1.29 is 14.6 Å². The zero-order valence-electron chi connectivity index (χ0n) is 12.4. The van der Waals surface area contributed by atoms with Gasteiger partial charge >= 0.3 is 5.97 Å². The lowest BCUT2D eigenvalue weighted by Crippen LogP contribution is -2.44. The van der Waals surface area contributed by atoms with Gasteiger partial charge in [-0.15, -0.1) is 0 Å². The van der Waals surface area contributed by atoms with Gasteiger partial charge in [-0.3, -0.25) is 4.79 Å². The number of carboxylic acids is 1. The highest BCUT2D eigenvalue weighted by atomic mass is 16.5. The van der Waals surface area contributed by atoms with Gasteiger partial charge in [0.05, 0.1) is 6.61 Å². The number of anilines is 1. The van der Waals surface area contributed by atoms with E-state index in [9.17, 15) is 4.79 Å². The van der Waals surface area contributed by atoms with Gasteiger partial charge in [-0.2, -0.15) is 0 Å². The van der Waals surface area contributed by atoms with Gasteiger partial charge in [-0.05, 0) is 38.3 Å². The molecule has 5 nitrogen and oxygen atoms in total. The zero-order valence-corrected chi connectivity index (χ0v) is 12.4. The first kappa shape index (κ1) is 16.3. The number of carboxylic acid groups (broad SMARTS) is 1. The van der Waals surface area contributed by atoms with Crippen LogP contribution in [0.2, 0.25) is 0 Å². The van der Waals surface area contributed by atoms with Gasteiger partial charge in [0.25, 0.3) is 0 Å². The Balaban J connectivity index is 2.31. The number of ether oxygens (including phenoxy) is 1. The minimum atomic E-state index is -1.15. The van der Waals surface area contributed by atoms with E-state index in [-0.39, 0.29) is 0 Å². The molecular weight excluding hydrogens is 256 g/mol. The second-order valence-electron chi connectivity index (χ2n) is 5.42. The summed E-state index contributed by atoms with van der Waals surface area (Å²) in [5, 5.41) is 8.90. The van der Waals surface area contributed by atoms with Crippen molar-refractivity contribution in [2.75, 3.05) is 25.6 Å². The van der Waals surface area contributed by atoms with Crippen molar-refractivity contribution in [3.63, 3.8) is 0 Å². The number of hydrogen-bond donors (Lipinski definition) is 2. The van der Waals surface area contributed by atoms with E-state index in [0.29, 0.717) is 13.0 Å². The molecule has 1 rings (SSSR count). The molecule has 0 aliphatic rings. The van der Waals surface area contributed by atoms with Gasteiger partial charge in [-0.1, -0.05) is 6.07 Å². The van der Waals surface area contributed by atoms with Gasteiger partial charge in [0.2, 0.25) is 0 Å². The number of benzene rings is 1. The Bertz CT molecular complexity index is 444. The molecule has 0 spiro atoms. The molecule has 1 unspecified atom stereocenters. The van der Waals surface area contributed by atoms with Crippen LogP contribution >= 0.6 is 0 Å². The Hall–Kier alpha value is -1.75. The van der Waals surface area contributed by atoms with Crippen LogP contribution in [-0.2, 0) is 4.79 Å². The third-order valence-corrected chi connectivity index (χ3v) is 3.18. The molecule has 0 bridgehead atoms. The molecule has 0 radical (unpaired) electrons. The number of carbonyl (C=O) groups is 1. The van der Waals surface area contributed by atoms with Crippen LogP contribution in [0, 0.1) is 0 Å². The predicted octanol–water partition coefficient (Wildman–Crippen LogP) is 2.10. The molecule has 1 aromatic carbocycles. The third kappa shape index (κ3) is 5.09. The molecule has 0 heterocycles. The molecule has 5 heteroatoms. The smallest absolute Gasteiger partial charge is 0.323 e. The van der Waals surface area contributed by atoms with Gasteiger partial charge in [-0.25, -0.2) is 0 Å². The molecule has 0 aromatic heterocycles. The molecule has 3 N–H and O–H groups in total. The molecule has 0 amide bonds. The lowest BCUT2D eigenvalue weighted by Gasteiger charge is -2.18. The summed E-state index contributed by atoms with van der Waals surface area (Å²) in [5.41, 5.74) is 5.60. The summed E-state index contributed by atoms with van der Waals surface area (Å²) in [6.07, 6.45) is 1.96. The molecule has 0 aliphatic heterocycles. The Morgan fingerprint density at radius 3 is 2.70 bits per heavy atom. The SMILES string of the molecule is CN(C)c1cccc(OCCCCC(C)(N)C(=O)O)c1. The van der Waals surface area contributed by atoms with E-state index in [2.05, 4.69) is 0 Å². The normalized spacial score (nSPS) is 13.6. The number of nitrogens with zero attached hydrogens (tertiary/aromatic N) is 1. The van der Waals surface area contributed by atoms with E-state index in [4.69, 9.17) is 15.6 Å². The largest absolute Gasteiger partial charge is 0.494 e. The average Bonchev–Trinajstić information content (AvgIpc) is 2.38. The van der Waals surface area contributed by atoms with Crippen LogP contribution in [0.1, 0.15) is 26.2 Å². The maximum Gasteiger partial charge on any atom is 0.323 e. The maximum absolute atomic E-state index is 10.8. The molecule has 0 fully saturated rings. The Morgan fingerprint density at radius 1 is 1.40 bits per heavy atom. The topological polar surface area (TPSA) is 75.8 Å². The van der Waals surface area contributed by atoms with Crippen molar-refractivity contribution in [1.29, 1.82) is 0 Å². The summed E-state index contributed by atoms with van der Waals surface area (Å²) in [7, 11) is 3.96. The van der Waals surface area contributed by atoms with Crippen LogP contribution in [0.15, 0.2) is 24.3 Å². The van der Waals surface area contributed by atoms with Crippen molar-refractivity contribution in [1.82, 2.24) is 0 Å². The number of hydrogen-bond acceptors (Lipinski definition) is 4. The lowest BCUT2D eigenvalue weighted by atomic mass is 9.97. The summed E-state index contributed by atoms with van der Waals surface area (Å²) in [4.78, 5) is 12.9. The van der Waals surface area contributed by atoms with Crippen molar-refractivity contribution in [2.24, 2.45) is 5.73 Å². The fourth-order valence-corrected chi connectivity index (χ4v) is 1.74. The third-order valence-electron chi connectivity index (χ3n) is 3.18. The highest BCUT2D eigenvalue weighted by molar-refractivity contribution is 5.77. The number of aliphatic carboxylic acids is 1. The van der Waals surface area contributed by atoms with E-state index in [1.165, 1.54) is 6.92 Å². The first-order valence-corrected chi connectivity index (χ1v) is 6.75. The van der Waals surface area contributed by atoms with Crippen LogP contribution in [0.5, 0.6) is 5.75 Å². The first-order valence-electron chi connectivity index (χ1n) is 6.75. The van der Waals surface area contributed by atoms with Crippen molar-refractivity contribution in [3.8, 4) is 5.75 Å². The molecular formula is C15H24N2O3. The highest BCUT2D eigenvalue weighted by Gasteiger charge is 2.26. The molecule has 1 aromatic rings. The summed E-state index contributed by atoms with van der Waals surface area (Å²) >= 11 is 0. The second kappa shape index (κ2) is 7.14. The van der Waals surface area contributed by atoms with Gasteiger partial charge in [0, 0.05) is 25.8 Å². The highest BCUT2D eigenvalue weighted by Crippen LogP contribution is 2.19. The number of rotatable bonds is 8. The molecule has 0 saturated carbocycles. The Kier molecular flexibility index (Phi) is 5.82. The molecule has 0 aliphatic carbocycles. The maximum atomic E-state index is 10.8. The monoisotopic (exact) mass is 280 g/mol. The fraction of sp³-hybridized carbons (Fsp3) is 0.533. The van der Waals surface area contributed by atoms with Crippen molar-refractivity contribution >= 4 is 11.7 Å². The van der Waals surface area contributed by atoms with E-state index in [0.717, 1.165) is 24.3 Å². The van der Waals surface area contributed by atoms with E-state index in [1.54, 1.807) is 0 Å². The number of nitrogens with two attached hydrogens (primary N) is 1. The van der Waals surface area contributed by atoms with E-state index in [1.807, 2.05) is 43.3 Å². The van der Waals surface area contributed by atoms with Gasteiger partial charge in [0.1, 0.15) is 11.3 Å². The van der Waals surface area contributed by atoms with Crippen molar-refractivity contribution in [2.45, 2.75) is 31.7 Å². The first-order chi connectivity index (χ1) is 9.33. The van der Waals surface area contributed by atoms with Crippen LogP contribution in [0.3, 0.4) is 0 Å². The summed E-state index contributed by atoms with van der Waals surface area (Å²) in [6.45, 7) is 2.10.